The standard InChI is InChI=1S/C21H26N2O4S/c1-4-20(24)23(15(2)3)13-21(25)22(12-17-6-5-9-28-17)11-16-7-8-18-19(10-16)27-14-26-18/h5-10,15H,4,11-14H2,1-3H3. The lowest BCUT2D eigenvalue weighted by Crippen LogP contribution is -2.45. The molecule has 0 fully saturated rings. The maximum absolute atomic E-state index is 13.1. The molecule has 0 N–H and O–H groups in total. The van der Waals surface area contributed by atoms with Crippen molar-refractivity contribution in [3.63, 3.8) is 0 Å². The van der Waals surface area contributed by atoms with E-state index in [4.69, 9.17) is 9.47 Å². The molecule has 28 heavy (non-hydrogen) atoms. The van der Waals surface area contributed by atoms with Crippen molar-refractivity contribution in [3.8, 4) is 11.5 Å². The van der Waals surface area contributed by atoms with E-state index in [1.807, 2.05) is 56.5 Å². The third-order valence-corrected chi connectivity index (χ3v) is 5.50. The number of thiophene rings is 1. The molecule has 3 rings (SSSR count). The van der Waals surface area contributed by atoms with Crippen LogP contribution in [0.15, 0.2) is 35.7 Å². The van der Waals surface area contributed by atoms with Crippen molar-refractivity contribution in [1.29, 1.82) is 0 Å². The predicted molar refractivity (Wildman–Crippen MR) is 108 cm³/mol. The lowest BCUT2D eigenvalue weighted by molar-refractivity contribution is -0.142. The van der Waals surface area contributed by atoms with Crippen LogP contribution in [-0.2, 0) is 22.7 Å². The van der Waals surface area contributed by atoms with Crippen molar-refractivity contribution >= 4 is 23.2 Å². The van der Waals surface area contributed by atoms with E-state index in [0.29, 0.717) is 25.3 Å². The molecule has 7 heteroatoms. The Hall–Kier alpha value is -2.54. The summed E-state index contributed by atoms with van der Waals surface area (Å²) in [6.07, 6.45) is 0.387. The average Bonchev–Trinajstić information content (AvgIpc) is 3.35. The molecule has 0 spiro atoms. The minimum absolute atomic E-state index is 0.0116. The molecule has 0 unspecified atom stereocenters. The van der Waals surface area contributed by atoms with E-state index in [1.54, 1.807) is 21.1 Å². The quantitative estimate of drug-likeness (QED) is 0.676. The number of amides is 2. The number of hydrogen-bond acceptors (Lipinski definition) is 5. The molecule has 0 bridgehead atoms. The van der Waals surface area contributed by atoms with Gasteiger partial charge in [-0.1, -0.05) is 19.1 Å². The first-order valence-electron chi connectivity index (χ1n) is 9.46. The third-order valence-electron chi connectivity index (χ3n) is 4.64. The maximum atomic E-state index is 13.1. The minimum Gasteiger partial charge on any atom is -0.454 e. The largest absolute Gasteiger partial charge is 0.454 e. The Morgan fingerprint density at radius 3 is 2.57 bits per heavy atom. The summed E-state index contributed by atoms with van der Waals surface area (Å²) in [6, 6.07) is 9.69. The summed E-state index contributed by atoms with van der Waals surface area (Å²) in [5, 5.41) is 2.00. The topological polar surface area (TPSA) is 59.1 Å². The van der Waals surface area contributed by atoms with Crippen molar-refractivity contribution in [2.45, 2.75) is 46.3 Å². The molecular formula is C21H26N2O4S. The lowest BCUT2D eigenvalue weighted by atomic mass is 10.1. The molecule has 1 aromatic heterocycles. The van der Waals surface area contributed by atoms with E-state index >= 15 is 0 Å². The van der Waals surface area contributed by atoms with E-state index in [-0.39, 0.29) is 31.2 Å². The van der Waals surface area contributed by atoms with Crippen LogP contribution in [0.25, 0.3) is 0 Å². The number of benzene rings is 1. The fraction of sp³-hybridized carbons (Fsp3) is 0.429. The Labute approximate surface area is 169 Å². The Morgan fingerprint density at radius 1 is 1.11 bits per heavy atom. The molecule has 1 aromatic carbocycles. The maximum Gasteiger partial charge on any atom is 0.242 e. The first kappa shape index (κ1) is 20.2. The highest BCUT2D eigenvalue weighted by Gasteiger charge is 2.24. The molecule has 150 valence electrons. The Kier molecular flexibility index (Phi) is 6.57. The van der Waals surface area contributed by atoms with Crippen LogP contribution in [0.5, 0.6) is 11.5 Å². The summed E-state index contributed by atoms with van der Waals surface area (Å²) < 4.78 is 10.8. The third kappa shape index (κ3) is 4.84. The summed E-state index contributed by atoms with van der Waals surface area (Å²) in [6.45, 7) is 6.94. The highest BCUT2D eigenvalue weighted by molar-refractivity contribution is 7.09. The van der Waals surface area contributed by atoms with Gasteiger partial charge in [-0.05, 0) is 43.0 Å². The van der Waals surface area contributed by atoms with Crippen LogP contribution in [0.1, 0.15) is 37.6 Å². The van der Waals surface area contributed by atoms with Gasteiger partial charge in [0.05, 0.1) is 13.1 Å². The molecule has 2 amide bonds. The average molecular weight is 403 g/mol. The molecule has 2 heterocycles. The first-order chi connectivity index (χ1) is 13.5. The lowest BCUT2D eigenvalue weighted by Gasteiger charge is -2.30. The van der Waals surface area contributed by atoms with Gasteiger partial charge in [0, 0.05) is 23.9 Å². The Bertz CT molecular complexity index is 820. The minimum atomic E-state index is -0.0680. The molecule has 0 atom stereocenters. The summed E-state index contributed by atoms with van der Waals surface area (Å²) in [4.78, 5) is 29.9. The van der Waals surface area contributed by atoms with Crippen molar-refractivity contribution in [2.24, 2.45) is 0 Å². The van der Waals surface area contributed by atoms with Gasteiger partial charge in [0.25, 0.3) is 0 Å². The SMILES string of the molecule is CCC(=O)N(CC(=O)N(Cc1ccc2c(c1)OCO2)Cc1cccs1)C(C)C. The Morgan fingerprint density at radius 2 is 1.89 bits per heavy atom. The van der Waals surface area contributed by atoms with E-state index in [1.165, 1.54) is 0 Å². The molecule has 1 aliphatic heterocycles. The van der Waals surface area contributed by atoms with E-state index in [2.05, 4.69) is 0 Å². The van der Waals surface area contributed by atoms with Crippen molar-refractivity contribution in [2.75, 3.05) is 13.3 Å². The number of carbonyl (C=O) groups excluding carboxylic acids is 2. The molecule has 0 saturated carbocycles. The highest BCUT2D eigenvalue weighted by atomic mass is 32.1. The number of ether oxygens (including phenoxy) is 2. The monoisotopic (exact) mass is 402 g/mol. The van der Waals surface area contributed by atoms with Crippen molar-refractivity contribution < 1.29 is 19.1 Å². The normalized spacial score (nSPS) is 12.3. The van der Waals surface area contributed by atoms with Crippen LogP contribution in [-0.4, -0.2) is 41.0 Å². The van der Waals surface area contributed by atoms with Crippen LogP contribution in [0.2, 0.25) is 0 Å². The second-order valence-corrected chi connectivity index (χ2v) is 8.02. The van der Waals surface area contributed by atoms with Gasteiger partial charge in [-0.3, -0.25) is 9.59 Å². The van der Waals surface area contributed by atoms with Crippen LogP contribution >= 0.6 is 11.3 Å². The van der Waals surface area contributed by atoms with Gasteiger partial charge in [-0.25, -0.2) is 0 Å². The molecule has 0 radical (unpaired) electrons. The highest BCUT2D eigenvalue weighted by Crippen LogP contribution is 2.33. The number of fused-ring (bicyclic) bond motifs is 1. The molecule has 2 aromatic rings. The molecular weight excluding hydrogens is 376 g/mol. The number of rotatable bonds is 8. The molecule has 6 nitrogen and oxygen atoms in total. The number of carbonyl (C=O) groups is 2. The smallest absolute Gasteiger partial charge is 0.242 e. The summed E-state index contributed by atoms with van der Waals surface area (Å²) >= 11 is 1.62. The number of nitrogens with zero attached hydrogens (tertiary/aromatic N) is 2. The Balaban J connectivity index is 1.78. The zero-order valence-corrected chi connectivity index (χ0v) is 17.3. The van der Waals surface area contributed by atoms with Crippen LogP contribution in [0.4, 0.5) is 0 Å². The fourth-order valence-corrected chi connectivity index (χ4v) is 3.81. The van der Waals surface area contributed by atoms with Gasteiger partial charge in [0.2, 0.25) is 18.6 Å². The zero-order chi connectivity index (χ0) is 20.1. The van der Waals surface area contributed by atoms with Gasteiger partial charge >= 0.3 is 0 Å². The second kappa shape index (κ2) is 9.10. The van der Waals surface area contributed by atoms with Crippen molar-refractivity contribution in [1.82, 2.24) is 9.80 Å². The summed E-state index contributed by atoms with van der Waals surface area (Å²) in [5.74, 6) is 1.34. The van der Waals surface area contributed by atoms with E-state index in [0.717, 1.165) is 16.2 Å². The summed E-state index contributed by atoms with van der Waals surface area (Å²) in [5.41, 5.74) is 0.965. The first-order valence-corrected chi connectivity index (χ1v) is 10.3. The zero-order valence-electron chi connectivity index (χ0n) is 16.5. The molecule has 0 saturated heterocycles. The van der Waals surface area contributed by atoms with Gasteiger partial charge in [-0.15, -0.1) is 11.3 Å². The van der Waals surface area contributed by atoms with Gasteiger partial charge < -0.3 is 19.3 Å². The van der Waals surface area contributed by atoms with Crippen LogP contribution in [0.3, 0.4) is 0 Å². The molecule has 1 aliphatic rings. The molecule has 0 aliphatic carbocycles. The summed E-state index contributed by atoms with van der Waals surface area (Å²) in [7, 11) is 0. The van der Waals surface area contributed by atoms with Gasteiger partial charge in [-0.2, -0.15) is 0 Å². The van der Waals surface area contributed by atoms with Crippen LogP contribution in [0, 0.1) is 0 Å². The van der Waals surface area contributed by atoms with Crippen LogP contribution < -0.4 is 9.47 Å². The van der Waals surface area contributed by atoms with Gasteiger partial charge in [0.1, 0.15) is 0 Å². The van der Waals surface area contributed by atoms with Crippen molar-refractivity contribution in [3.05, 3.63) is 46.2 Å². The predicted octanol–water partition coefficient (Wildman–Crippen LogP) is 3.65. The fourth-order valence-electron chi connectivity index (χ4n) is 3.09. The van der Waals surface area contributed by atoms with E-state index in [9.17, 15) is 9.59 Å². The second-order valence-electron chi connectivity index (χ2n) is 6.99. The van der Waals surface area contributed by atoms with E-state index < -0.39 is 0 Å². The van der Waals surface area contributed by atoms with Gasteiger partial charge in [0.15, 0.2) is 11.5 Å². The number of hydrogen-bond donors (Lipinski definition) is 0.